The van der Waals surface area contributed by atoms with Crippen LogP contribution in [0.5, 0.6) is 0 Å². The molecule has 0 fully saturated rings. The van der Waals surface area contributed by atoms with Crippen molar-refractivity contribution in [1.82, 2.24) is 9.78 Å². The molecule has 0 aliphatic rings. The van der Waals surface area contributed by atoms with Gasteiger partial charge in [0, 0.05) is 11.7 Å². The lowest BCUT2D eigenvalue weighted by atomic mass is 10.2. The van der Waals surface area contributed by atoms with Gasteiger partial charge in [0.15, 0.2) is 0 Å². The Labute approximate surface area is 79.9 Å². The highest BCUT2D eigenvalue weighted by Gasteiger charge is 2.06. The molecule has 1 aromatic rings. The molecule has 0 bridgehead atoms. The predicted octanol–water partition coefficient (Wildman–Crippen LogP) is 1.36. The summed E-state index contributed by atoms with van der Waals surface area (Å²) in [6.45, 7) is 7.10. The van der Waals surface area contributed by atoms with Crippen molar-refractivity contribution in [3.05, 3.63) is 17.5 Å². The lowest BCUT2D eigenvalue weighted by Crippen LogP contribution is -2.23. The van der Waals surface area contributed by atoms with Crippen molar-refractivity contribution in [2.75, 3.05) is 0 Å². The molecule has 13 heavy (non-hydrogen) atoms. The van der Waals surface area contributed by atoms with Gasteiger partial charge in [0.2, 0.25) is 0 Å². The SMILES string of the molecule is CCc1cc(CC)n(CC(C)N)n1. The fraction of sp³-hybridized carbons (Fsp3) is 0.700. The van der Waals surface area contributed by atoms with Crippen LogP contribution in [0.4, 0.5) is 0 Å². The van der Waals surface area contributed by atoms with E-state index in [0.717, 1.165) is 25.1 Å². The molecule has 0 radical (unpaired) electrons. The van der Waals surface area contributed by atoms with Crippen molar-refractivity contribution in [2.45, 2.75) is 46.2 Å². The van der Waals surface area contributed by atoms with E-state index in [-0.39, 0.29) is 6.04 Å². The maximum atomic E-state index is 5.74. The van der Waals surface area contributed by atoms with E-state index in [1.807, 2.05) is 11.6 Å². The van der Waals surface area contributed by atoms with Crippen molar-refractivity contribution in [3.63, 3.8) is 0 Å². The molecule has 0 aromatic carbocycles. The molecule has 0 saturated heterocycles. The molecule has 2 N–H and O–H groups in total. The summed E-state index contributed by atoms with van der Waals surface area (Å²) in [4.78, 5) is 0. The molecule has 0 saturated carbocycles. The second-order valence-corrected chi connectivity index (χ2v) is 3.49. The molecule has 3 heteroatoms. The smallest absolute Gasteiger partial charge is 0.0624 e. The van der Waals surface area contributed by atoms with Gasteiger partial charge in [-0.1, -0.05) is 13.8 Å². The number of nitrogens with two attached hydrogens (primary N) is 1. The largest absolute Gasteiger partial charge is 0.326 e. The Hall–Kier alpha value is -0.830. The molecular weight excluding hydrogens is 162 g/mol. The molecule has 1 heterocycles. The van der Waals surface area contributed by atoms with Crippen LogP contribution < -0.4 is 5.73 Å². The van der Waals surface area contributed by atoms with E-state index in [2.05, 4.69) is 25.0 Å². The highest BCUT2D eigenvalue weighted by Crippen LogP contribution is 2.06. The van der Waals surface area contributed by atoms with Crippen LogP contribution in [-0.4, -0.2) is 15.8 Å². The zero-order chi connectivity index (χ0) is 9.84. The summed E-state index contributed by atoms with van der Waals surface area (Å²) in [5.41, 5.74) is 8.19. The summed E-state index contributed by atoms with van der Waals surface area (Å²) in [6, 6.07) is 2.34. The third-order valence-electron chi connectivity index (χ3n) is 2.10. The van der Waals surface area contributed by atoms with Crippen LogP contribution in [0.2, 0.25) is 0 Å². The quantitative estimate of drug-likeness (QED) is 0.762. The van der Waals surface area contributed by atoms with Crippen LogP contribution in [0.25, 0.3) is 0 Å². The lowest BCUT2D eigenvalue weighted by molar-refractivity contribution is 0.517. The molecule has 74 valence electrons. The minimum atomic E-state index is 0.176. The first-order chi connectivity index (χ1) is 6.17. The zero-order valence-corrected chi connectivity index (χ0v) is 8.75. The van der Waals surface area contributed by atoms with E-state index in [1.165, 1.54) is 5.69 Å². The highest BCUT2D eigenvalue weighted by molar-refractivity contribution is 5.10. The summed E-state index contributed by atoms with van der Waals surface area (Å²) in [5, 5.41) is 4.48. The standard InChI is InChI=1S/C10H19N3/c1-4-9-6-10(5-2)13(12-9)7-8(3)11/h6,8H,4-5,7,11H2,1-3H3. The van der Waals surface area contributed by atoms with Crippen LogP contribution in [0.1, 0.15) is 32.2 Å². The fourth-order valence-electron chi connectivity index (χ4n) is 1.40. The maximum absolute atomic E-state index is 5.74. The Balaban J connectivity index is 2.84. The number of aryl methyl sites for hydroxylation is 2. The topological polar surface area (TPSA) is 43.8 Å². The average molecular weight is 181 g/mol. The van der Waals surface area contributed by atoms with Crippen LogP contribution in [-0.2, 0) is 19.4 Å². The highest BCUT2D eigenvalue weighted by atomic mass is 15.3. The summed E-state index contributed by atoms with van der Waals surface area (Å²) < 4.78 is 2.03. The number of nitrogens with zero attached hydrogens (tertiary/aromatic N) is 2. The van der Waals surface area contributed by atoms with Gasteiger partial charge in [0.25, 0.3) is 0 Å². The minimum absolute atomic E-state index is 0.176. The Morgan fingerprint density at radius 1 is 1.46 bits per heavy atom. The van der Waals surface area contributed by atoms with Crippen LogP contribution in [0.3, 0.4) is 0 Å². The van der Waals surface area contributed by atoms with E-state index in [4.69, 9.17) is 5.73 Å². The van der Waals surface area contributed by atoms with E-state index in [9.17, 15) is 0 Å². The number of aromatic nitrogens is 2. The lowest BCUT2D eigenvalue weighted by Gasteiger charge is -2.08. The summed E-state index contributed by atoms with van der Waals surface area (Å²) in [6.07, 6.45) is 2.03. The molecule has 1 aromatic heterocycles. The van der Waals surface area contributed by atoms with Gasteiger partial charge >= 0.3 is 0 Å². The van der Waals surface area contributed by atoms with E-state index in [1.54, 1.807) is 0 Å². The molecule has 0 amide bonds. The normalized spacial score (nSPS) is 13.2. The summed E-state index contributed by atoms with van der Waals surface area (Å²) >= 11 is 0. The summed E-state index contributed by atoms with van der Waals surface area (Å²) in [7, 11) is 0. The molecule has 0 aliphatic heterocycles. The number of rotatable bonds is 4. The first-order valence-electron chi connectivity index (χ1n) is 4.98. The second-order valence-electron chi connectivity index (χ2n) is 3.49. The minimum Gasteiger partial charge on any atom is -0.326 e. The maximum Gasteiger partial charge on any atom is 0.0624 e. The van der Waals surface area contributed by atoms with Crippen LogP contribution >= 0.6 is 0 Å². The van der Waals surface area contributed by atoms with Gasteiger partial charge in [-0.05, 0) is 25.8 Å². The van der Waals surface area contributed by atoms with Gasteiger partial charge in [-0.25, -0.2) is 0 Å². The Kier molecular flexibility index (Phi) is 3.48. The van der Waals surface area contributed by atoms with Crippen molar-refractivity contribution in [2.24, 2.45) is 5.73 Å². The average Bonchev–Trinajstić information content (AvgIpc) is 2.46. The van der Waals surface area contributed by atoms with Gasteiger partial charge < -0.3 is 5.73 Å². The Bertz CT molecular complexity index is 263. The van der Waals surface area contributed by atoms with Gasteiger partial charge in [-0.3, -0.25) is 4.68 Å². The van der Waals surface area contributed by atoms with E-state index < -0.39 is 0 Å². The molecule has 3 nitrogen and oxygen atoms in total. The second kappa shape index (κ2) is 4.42. The van der Waals surface area contributed by atoms with Crippen LogP contribution in [0.15, 0.2) is 6.07 Å². The third kappa shape index (κ3) is 2.56. The predicted molar refractivity (Wildman–Crippen MR) is 54.6 cm³/mol. The molecule has 1 rings (SSSR count). The number of hydrogen-bond donors (Lipinski definition) is 1. The molecule has 0 aliphatic carbocycles. The van der Waals surface area contributed by atoms with E-state index in [0.29, 0.717) is 0 Å². The Morgan fingerprint density at radius 2 is 2.15 bits per heavy atom. The van der Waals surface area contributed by atoms with Gasteiger partial charge in [0.1, 0.15) is 0 Å². The van der Waals surface area contributed by atoms with Crippen molar-refractivity contribution >= 4 is 0 Å². The summed E-state index contributed by atoms with van der Waals surface area (Å²) in [5.74, 6) is 0. The molecule has 1 atom stereocenters. The molecule has 0 spiro atoms. The molecular formula is C10H19N3. The van der Waals surface area contributed by atoms with Gasteiger partial charge in [0.05, 0.1) is 12.2 Å². The van der Waals surface area contributed by atoms with Crippen molar-refractivity contribution in [1.29, 1.82) is 0 Å². The van der Waals surface area contributed by atoms with Crippen molar-refractivity contribution < 1.29 is 0 Å². The monoisotopic (exact) mass is 181 g/mol. The fourth-order valence-corrected chi connectivity index (χ4v) is 1.40. The van der Waals surface area contributed by atoms with Crippen molar-refractivity contribution in [3.8, 4) is 0 Å². The first kappa shape index (κ1) is 10.3. The zero-order valence-electron chi connectivity index (χ0n) is 8.75. The van der Waals surface area contributed by atoms with E-state index >= 15 is 0 Å². The first-order valence-corrected chi connectivity index (χ1v) is 4.98. The number of hydrogen-bond acceptors (Lipinski definition) is 2. The Morgan fingerprint density at radius 3 is 2.62 bits per heavy atom. The third-order valence-corrected chi connectivity index (χ3v) is 2.10. The van der Waals surface area contributed by atoms with Gasteiger partial charge in [-0.15, -0.1) is 0 Å². The van der Waals surface area contributed by atoms with Gasteiger partial charge in [-0.2, -0.15) is 5.10 Å². The van der Waals surface area contributed by atoms with Crippen LogP contribution in [0, 0.1) is 0 Å². The molecule has 1 unspecified atom stereocenters.